The molecule has 0 aliphatic carbocycles. The number of methoxy groups -OCH3 is 1. The number of amides is 3. The molecule has 0 saturated carbocycles. The number of nitrogens with one attached hydrogen (secondary N) is 1. The molecular formula is C31H49FN4O4. The van der Waals surface area contributed by atoms with E-state index in [1.807, 2.05) is 46.9 Å². The third-order valence-electron chi connectivity index (χ3n) is 6.06. The summed E-state index contributed by atoms with van der Waals surface area (Å²) in [6.45, 7) is 12.5. The predicted octanol–water partition coefficient (Wildman–Crippen LogP) is 4.72. The van der Waals surface area contributed by atoms with Gasteiger partial charge in [0, 0.05) is 39.5 Å². The summed E-state index contributed by atoms with van der Waals surface area (Å²) in [5.74, 6) is 0.380. The molecule has 1 unspecified atom stereocenters. The molecule has 0 fully saturated rings. The molecule has 9 heteroatoms. The van der Waals surface area contributed by atoms with E-state index < -0.39 is 6.17 Å². The van der Waals surface area contributed by atoms with Gasteiger partial charge in [-0.15, -0.1) is 0 Å². The lowest BCUT2D eigenvalue weighted by molar-refractivity contribution is -0.146. The van der Waals surface area contributed by atoms with Gasteiger partial charge in [-0.1, -0.05) is 45.0 Å². The Kier molecular flexibility index (Phi) is 18.7. The van der Waals surface area contributed by atoms with E-state index in [1.54, 1.807) is 43.0 Å². The Bertz CT molecular complexity index is 984. The van der Waals surface area contributed by atoms with Crippen LogP contribution >= 0.6 is 0 Å². The number of carbonyl (C=O) groups excluding carboxylic acids is 3. The van der Waals surface area contributed by atoms with E-state index in [9.17, 15) is 18.8 Å². The SMILES string of the molecule is CC.CCC(=O)N(C(C)C)C(CN(CCc1ccc(F)cc1)C(C)=O)N(C)C=O.CNCc1ccc(OC)cc1. The number of hydrogen-bond acceptors (Lipinski definition) is 5. The molecule has 40 heavy (non-hydrogen) atoms. The topological polar surface area (TPSA) is 82.2 Å². The second kappa shape index (κ2) is 20.4. The zero-order valence-electron chi connectivity index (χ0n) is 25.7. The van der Waals surface area contributed by atoms with Crippen LogP contribution in [0.5, 0.6) is 5.75 Å². The van der Waals surface area contributed by atoms with Crippen LogP contribution in [-0.2, 0) is 27.3 Å². The molecule has 0 aliphatic heterocycles. The first-order valence-corrected chi connectivity index (χ1v) is 13.8. The first-order valence-electron chi connectivity index (χ1n) is 13.8. The van der Waals surface area contributed by atoms with Crippen LogP contribution < -0.4 is 10.1 Å². The fourth-order valence-electron chi connectivity index (χ4n) is 3.90. The van der Waals surface area contributed by atoms with Crippen LogP contribution in [0.3, 0.4) is 0 Å². The Morgan fingerprint density at radius 3 is 2.00 bits per heavy atom. The Labute approximate surface area is 240 Å². The van der Waals surface area contributed by atoms with E-state index in [4.69, 9.17) is 4.74 Å². The van der Waals surface area contributed by atoms with Crippen molar-refractivity contribution in [2.75, 3.05) is 34.3 Å². The maximum atomic E-state index is 13.0. The fourth-order valence-corrected chi connectivity index (χ4v) is 3.90. The van der Waals surface area contributed by atoms with Gasteiger partial charge in [0.1, 0.15) is 17.7 Å². The van der Waals surface area contributed by atoms with Crippen molar-refractivity contribution in [2.45, 2.75) is 73.1 Å². The van der Waals surface area contributed by atoms with Crippen LogP contribution in [0.25, 0.3) is 0 Å². The average Bonchev–Trinajstić information content (AvgIpc) is 2.96. The van der Waals surface area contributed by atoms with E-state index in [0.29, 0.717) is 25.8 Å². The van der Waals surface area contributed by atoms with Crippen LogP contribution in [-0.4, -0.2) is 79.4 Å². The molecule has 0 radical (unpaired) electrons. The van der Waals surface area contributed by atoms with E-state index >= 15 is 0 Å². The minimum atomic E-state index is -0.549. The minimum Gasteiger partial charge on any atom is -0.497 e. The summed E-state index contributed by atoms with van der Waals surface area (Å²) in [5, 5.41) is 3.08. The minimum absolute atomic E-state index is 0.0780. The van der Waals surface area contributed by atoms with Gasteiger partial charge >= 0.3 is 0 Å². The van der Waals surface area contributed by atoms with Crippen LogP contribution in [0.15, 0.2) is 48.5 Å². The van der Waals surface area contributed by atoms with E-state index in [2.05, 4.69) is 17.4 Å². The van der Waals surface area contributed by atoms with Crippen molar-refractivity contribution < 1.29 is 23.5 Å². The Morgan fingerprint density at radius 2 is 1.57 bits per heavy atom. The van der Waals surface area contributed by atoms with Crippen LogP contribution in [0.1, 0.15) is 59.1 Å². The quantitative estimate of drug-likeness (QED) is 0.283. The molecule has 0 aliphatic rings. The highest BCUT2D eigenvalue weighted by atomic mass is 19.1. The molecule has 224 valence electrons. The Morgan fingerprint density at radius 1 is 1.02 bits per heavy atom. The predicted molar refractivity (Wildman–Crippen MR) is 159 cm³/mol. The molecule has 2 aromatic carbocycles. The number of ether oxygens (including phenoxy) is 1. The van der Waals surface area contributed by atoms with Crippen molar-refractivity contribution in [3.63, 3.8) is 0 Å². The summed E-state index contributed by atoms with van der Waals surface area (Å²) >= 11 is 0. The van der Waals surface area contributed by atoms with Gasteiger partial charge in [-0.3, -0.25) is 14.4 Å². The Hall–Kier alpha value is -3.46. The molecule has 0 bridgehead atoms. The lowest BCUT2D eigenvalue weighted by atomic mass is 10.1. The van der Waals surface area contributed by atoms with Crippen LogP contribution in [0.2, 0.25) is 0 Å². The van der Waals surface area contributed by atoms with Crippen molar-refractivity contribution in [1.29, 1.82) is 0 Å². The number of rotatable bonds is 13. The zero-order valence-corrected chi connectivity index (χ0v) is 25.7. The molecule has 0 aromatic heterocycles. The largest absolute Gasteiger partial charge is 0.497 e. The molecule has 2 rings (SSSR count). The smallest absolute Gasteiger partial charge is 0.224 e. The maximum absolute atomic E-state index is 13.0. The number of likely N-dealkylation sites (N-methyl/N-ethyl adjacent to an activating group) is 1. The number of carbonyl (C=O) groups is 3. The van der Waals surface area contributed by atoms with Crippen molar-refractivity contribution in [3.8, 4) is 5.75 Å². The molecule has 0 saturated heterocycles. The van der Waals surface area contributed by atoms with Crippen molar-refractivity contribution in [3.05, 3.63) is 65.5 Å². The van der Waals surface area contributed by atoms with Gasteiger partial charge < -0.3 is 24.8 Å². The lowest BCUT2D eigenvalue weighted by Crippen LogP contribution is -2.57. The normalized spacial score (nSPS) is 10.8. The molecule has 8 nitrogen and oxygen atoms in total. The number of hydrogen-bond donors (Lipinski definition) is 1. The average molecular weight is 561 g/mol. The summed E-state index contributed by atoms with van der Waals surface area (Å²) in [4.78, 5) is 40.6. The van der Waals surface area contributed by atoms with Gasteiger partial charge in [0.15, 0.2) is 0 Å². The van der Waals surface area contributed by atoms with E-state index in [-0.39, 0.29) is 30.2 Å². The van der Waals surface area contributed by atoms with E-state index in [1.165, 1.54) is 29.5 Å². The van der Waals surface area contributed by atoms with Gasteiger partial charge in [-0.2, -0.15) is 0 Å². The lowest BCUT2D eigenvalue weighted by Gasteiger charge is -2.41. The van der Waals surface area contributed by atoms with Gasteiger partial charge in [0.25, 0.3) is 0 Å². The number of benzene rings is 2. The fraction of sp³-hybridized carbons (Fsp3) is 0.516. The second-order valence-electron chi connectivity index (χ2n) is 9.22. The number of halogens is 1. The number of nitrogens with zero attached hydrogens (tertiary/aromatic N) is 3. The molecule has 0 heterocycles. The monoisotopic (exact) mass is 560 g/mol. The van der Waals surface area contributed by atoms with E-state index in [0.717, 1.165) is 17.9 Å². The van der Waals surface area contributed by atoms with Crippen LogP contribution in [0.4, 0.5) is 4.39 Å². The summed E-state index contributed by atoms with van der Waals surface area (Å²) < 4.78 is 18.1. The molecule has 1 atom stereocenters. The molecule has 0 spiro atoms. The molecule has 3 amide bonds. The zero-order chi connectivity index (χ0) is 30.7. The summed E-state index contributed by atoms with van der Waals surface area (Å²) in [7, 11) is 5.21. The second-order valence-corrected chi connectivity index (χ2v) is 9.22. The first kappa shape index (κ1) is 36.5. The molecule has 2 aromatic rings. The van der Waals surface area contributed by atoms with Crippen molar-refractivity contribution in [2.24, 2.45) is 0 Å². The third kappa shape index (κ3) is 13.1. The van der Waals surface area contributed by atoms with Gasteiger partial charge in [0.2, 0.25) is 18.2 Å². The molecule has 1 N–H and O–H groups in total. The summed E-state index contributed by atoms with van der Waals surface area (Å²) in [5.41, 5.74) is 2.18. The van der Waals surface area contributed by atoms with Gasteiger partial charge in [-0.05, 0) is 62.7 Å². The maximum Gasteiger partial charge on any atom is 0.224 e. The van der Waals surface area contributed by atoms with Gasteiger partial charge in [0.05, 0.1) is 13.7 Å². The van der Waals surface area contributed by atoms with Crippen LogP contribution in [0, 0.1) is 5.82 Å². The standard InChI is InChI=1S/C20H30FN3O3.C9H13NO.C2H6/c1-6-20(27)24(15(2)3)19(22(5)14-25)13-23(16(4)26)12-11-17-7-9-18(21)10-8-17;1-10-7-8-3-5-9(11-2)6-4-8;1-2/h7-10,14-15,19H,6,11-13H2,1-5H3;3-6,10H,7H2,1-2H3;1-2H3. The van der Waals surface area contributed by atoms with Gasteiger partial charge in [-0.25, -0.2) is 4.39 Å². The summed E-state index contributed by atoms with van der Waals surface area (Å²) in [6.07, 6.45) is 0.992. The third-order valence-corrected chi connectivity index (χ3v) is 6.06. The van der Waals surface area contributed by atoms with Crippen molar-refractivity contribution in [1.82, 2.24) is 20.0 Å². The van der Waals surface area contributed by atoms with Crippen molar-refractivity contribution >= 4 is 18.2 Å². The highest BCUT2D eigenvalue weighted by molar-refractivity contribution is 5.77. The molecular weight excluding hydrogens is 511 g/mol. The summed E-state index contributed by atoms with van der Waals surface area (Å²) in [6, 6.07) is 14.1. The highest BCUT2D eigenvalue weighted by Gasteiger charge is 2.30. The first-order chi connectivity index (χ1) is 19.1. The Balaban J connectivity index is 0.000000968. The highest BCUT2D eigenvalue weighted by Crippen LogP contribution is 2.14.